The van der Waals surface area contributed by atoms with E-state index >= 15 is 0 Å². The van der Waals surface area contributed by atoms with Crippen LogP contribution in [0.25, 0.3) is 0 Å². The Kier molecular flexibility index (Phi) is 5.07. The van der Waals surface area contributed by atoms with Gasteiger partial charge in [0, 0.05) is 19.2 Å². The Morgan fingerprint density at radius 2 is 2.16 bits per heavy atom. The third-order valence-electron chi connectivity index (χ3n) is 2.77. The van der Waals surface area contributed by atoms with Crippen molar-refractivity contribution < 1.29 is 14.7 Å². The highest BCUT2D eigenvalue weighted by molar-refractivity contribution is 5.94. The van der Waals surface area contributed by atoms with Gasteiger partial charge in [-0.15, -0.1) is 0 Å². The molecule has 0 aromatic heterocycles. The van der Waals surface area contributed by atoms with Gasteiger partial charge in [-0.1, -0.05) is 19.1 Å². The van der Waals surface area contributed by atoms with Crippen LogP contribution in [0.5, 0.6) is 0 Å². The van der Waals surface area contributed by atoms with E-state index in [0.717, 1.165) is 5.56 Å². The van der Waals surface area contributed by atoms with Crippen LogP contribution in [0.4, 0.5) is 0 Å². The van der Waals surface area contributed by atoms with Crippen LogP contribution in [0, 0.1) is 17.2 Å². The van der Waals surface area contributed by atoms with Gasteiger partial charge < -0.3 is 10.0 Å². The van der Waals surface area contributed by atoms with Gasteiger partial charge in [-0.25, -0.2) is 0 Å². The van der Waals surface area contributed by atoms with Gasteiger partial charge in [-0.2, -0.15) is 5.26 Å². The first-order chi connectivity index (χ1) is 8.95. The van der Waals surface area contributed by atoms with Crippen LogP contribution in [-0.4, -0.2) is 35.5 Å². The van der Waals surface area contributed by atoms with Crippen molar-refractivity contribution in [1.82, 2.24) is 4.90 Å². The topological polar surface area (TPSA) is 81.4 Å². The maximum Gasteiger partial charge on any atom is 0.308 e. The number of carboxylic acids is 1. The van der Waals surface area contributed by atoms with Gasteiger partial charge in [-0.05, 0) is 17.7 Å². The largest absolute Gasteiger partial charge is 0.481 e. The lowest BCUT2D eigenvalue weighted by Gasteiger charge is -2.19. The number of hydrogen-bond acceptors (Lipinski definition) is 3. The van der Waals surface area contributed by atoms with Gasteiger partial charge in [-0.3, -0.25) is 9.59 Å². The number of nitrogens with zero attached hydrogens (tertiary/aromatic N) is 2. The predicted molar refractivity (Wildman–Crippen MR) is 69.5 cm³/mol. The van der Waals surface area contributed by atoms with Crippen LogP contribution in [0.2, 0.25) is 0 Å². The standard InChI is InChI=1S/C14H16N2O3/c1-10(14(18)19)9-16(2)13(17)12-5-3-4-11(8-12)6-7-15/h3-5,8,10H,6,9H2,1-2H3,(H,18,19). The Balaban J connectivity index is 2.79. The van der Waals surface area contributed by atoms with E-state index in [1.54, 1.807) is 38.2 Å². The predicted octanol–water partition coefficient (Wildman–Crippen LogP) is 1.55. The fourth-order valence-electron chi connectivity index (χ4n) is 1.70. The quantitative estimate of drug-likeness (QED) is 0.870. The van der Waals surface area contributed by atoms with Crippen LogP contribution in [0.15, 0.2) is 24.3 Å². The molecule has 1 rings (SSSR count). The average Bonchev–Trinajstić information content (AvgIpc) is 2.38. The van der Waals surface area contributed by atoms with Gasteiger partial charge in [0.25, 0.3) is 5.91 Å². The maximum absolute atomic E-state index is 12.1. The smallest absolute Gasteiger partial charge is 0.308 e. The molecule has 0 heterocycles. The Bertz CT molecular complexity index is 520. The summed E-state index contributed by atoms with van der Waals surface area (Å²) in [6, 6.07) is 8.84. The molecule has 1 amide bonds. The summed E-state index contributed by atoms with van der Waals surface area (Å²) in [5, 5.41) is 17.5. The highest BCUT2D eigenvalue weighted by Gasteiger charge is 2.18. The highest BCUT2D eigenvalue weighted by Crippen LogP contribution is 2.10. The fraction of sp³-hybridized carbons (Fsp3) is 0.357. The number of carbonyl (C=O) groups is 2. The van der Waals surface area contributed by atoms with E-state index in [0.29, 0.717) is 5.56 Å². The van der Waals surface area contributed by atoms with Crippen molar-refractivity contribution in [2.75, 3.05) is 13.6 Å². The minimum absolute atomic E-state index is 0.149. The van der Waals surface area contributed by atoms with E-state index in [1.807, 2.05) is 6.07 Å². The molecule has 100 valence electrons. The number of rotatable bonds is 5. The number of carbonyl (C=O) groups excluding carboxylic acids is 1. The molecule has 19 heavy (non-hydrogen) atoms. The molecular formula is C14H16N2O3. The zero-order valence-corrected chi connectivity index (χ0v) is 11.0. The van der Waals surface area contributed by atoms with E-state index in [2.05, 4.69) is 0 Å². The molecule has 0 aliphatic rings. The van der Waals surface area contributed by atoms with Crippen molar-refractivity contribution in [1.29, 1.82) is 5.26 Å². The lowest BCUT2D eigenvalue weighted by atomic mass is 10.1. The van der Waals surface area contributed by atoms with Crippen LogP contribution in [0.3, 0.4) is 0 Å². The molecular weight excluding hydrogens is 244 g/mol. The molecule has 0 bridgehead atoms. The zero-order chi connectivity index (χ0) is 14.4. The molecule has 0 fully saturated rings. The molecule has 0 aliphatic carbocycles. The molecule has 1 N–H and O–H groups in total. The summed E-state index contributed by atoms with van der Waals surface area (Å²) < 4.78 is 0. The van der Waals surface area contributed by atoms with Gasteiger partial charge in [0.15, 0.2) is 0 Å². The van der Waals surface area contributed by atoms with E-state index in [4.69, 9.17) is 10.4 Å². The van der Waals surface area contributed by atoms with Crippen molar-refractivity contribution >= 4 is 11.9 Å². The van der Waals surface area contributed by atoms with E-state index in [9.17, 15) is 9.59 Å². The van der Waals surface area contributed by atoms with E-state index in [-0.39, 0.29) is 18.9 Å². The minimum atomic E-state index is -0.933. The Labute approximate surface area is 112 Å². The lowest BCUT2D eigenvalue weighted by molar-refractivity contribution is -0.141. The molecule has 0 spiro atoms. The van der Waals surface area contributed by atoms with Crippen molar-refractivity contribution in [2.45, 2.75) is 13.3 Å². The van der Waals surface area contributed by atoms with Crippen molar-refractivity contribution in [3.8, 4) is 6.07 Å². The number of carboxylic acid groups (broad SMARTS) is 1. The lowest BCUT2D eigenvalue weighted by Crippen LogP contribution is -2.33. The van der Waals surface area contributed by atoms with Gasteiger partial charge in [0.05, 0.1) is 18.4 Å². The van der Waals surface area contributed by atoms with Crippen molar-refractivity contribution in [2.24, 2.45) is 5.92 Å². The fourth-order valence-corrected chi connectivity index (χ4v) is 1.70. The molecule has 1 unspecified atom stereocenters. The second-order valence-corrected chi connectivity index (χ2v) is 4.46. The SMILES string of the molecule is CC(CN(C)C(=O)c1cccc(CC#N)c1)C(=O)O. The number of amides is 1. The monoisotopic (exact) mass is 260 g/mol. The molecule has 0 radical (unpaired) electrons. The Morgan fingerprint density at radius 1 is 1.47 bits per heavy atom. The van der Waals surface area contributed by atoms with E-state index in [1.165, 1.54) is 4.90 Å². The minimum Gasteiger partial charge on any atom is -0.481 e. The molecule has 5 heteroatoms. The zero-order valence-electron chi connectivity index (χ0n) is 11.0. The van der Waals surface area contributed by atoms with Gasteiger partial charge in [0.1, 0.15) is 0 Å². The van der Waals surface area contributed by atoms with Gasteiger partial charge >= 0.3 is 5.97 Å². The Morgan fingerprint density at radius 3 is 2.74 bits per heavy atom. The first-order valence-corrected chi connectivity index (χ1v) is 5.90. The number of aliphatic carboxylic acids is 1. The normalized spacial score (nSPS) is 11.4. The second kappa shape index (κ2) is 6.55. The van der Waals surface area contributed by atoms with Crippen molar-refractivity contribution in [3.63, 3.8) is 0 Å². The maximum atomic E-state index is 12.1. The van der Waals surface area contributed by atoms with Crippen molar-refractivity contribution in [3.05, 3.63) is 35.4 Å². The summed E-state index contributed by atoms with van der Waals surface area (Å²) in [7, 11) is 1.57. The number of hydrogen-bond donors (Lipinski definition) is 1. The Hall–Kier alpha value is -2.35. The summed E-state index contributed by atoms with van der Waals surface area (Å²) in [5.74, 6) is -1.79. The van der Waals surface area contributed by atoms with E-state index < -0.39 is 11.9 Å². The van der Waals surface area contributed by atoms with Crippen LogP contribution in [-0.2, 0) is 11.2 Å². The molecule has 1 aromatic carbocycles. The third kappa shape index (κ3) is 4.11. The molecule has 5 nitrogen and oxygen atoms in total. The molecule has 0 saturated carbocycles. The molecule has 1 atom stereocenters. The highest BCUT2D eigenvalue weighted by atomic mass is 16.4. The van der Waals surface area contributed by atoms with Gasteiger partial charge in [0.2, 0.25) is 0 Å². The molecule has 1 aromatic rings. The summed E-state index contributed by atoms with van der Waals surface area (Å²) >= 11 is 0. The first-order valence-electron chi connectivity index (χ1n) is 5.90. The number of nitriles is 1. The molecule has 0 saturated heterocycles. The summed E-state index contributed by atoms with van der Waals surface area (Å²) in [6.45, 7) is 1.70. The molecule has 0 aliphatic heterocycles. The van der Waals surface area contributed by atoms with Crippen LogP contribution < -0.4 is 0 Å². The first kappa shape index (κ1) is 14.7. The number of benzene rings is 1. The van der Waals surface area contributed by atoms with Crippen LogP contribution in [0.1, 0.15) is 22.8 Å². The average molecular weight is 260 g/mol. The summed E-state index contributed by atoms with van der Waals surface area (Å²) in [6.07, 6.45) is 0.246. The summed E-state index contributed by atoms with van der Waals surface area (Å²) in [4.78, 5) is 24.2. The van der Waals surface area contributed by atoms with Crippen LogP contribution >= 0.6 is 0 Å². The second-order valence-electron chi connectivity index (χ2n) is 4.46. The third-order valence-corrected chi connectivity index (χ3v) is 2.77. The summed E-state index contributed by atoms with van der Waals surface area (Å²) in [5.41, 5.74) is 1.24.